The number of benzene rings is 1. The number of hydrogen-bond acceptors (Lipinski definition) is 3. The van der Waals surface area contributed by atoms with Gasteiger partial charge in [-0.05, 0) is 32.9 Å². The van der Waals surface area contributed by atoms with Crippen molar-refractivity contribution in [3.63, 3.8) is 0 Å². The topological polar surface area (TPSA) is 64.9 Å². The lowest BCUT2D eigenvalue weighted by molar-refractivity contribution is -0.120. The standard InChI is InChI=1S/C13H17N3O/c1-13(2,3)16-12(17)9-15-11-7-5-4-6-10(11)8-14/h4-7,15H,9H2,1-3H3,(H,16,17). The smallest absolute Gasteiger partial charge is 0.239 e. The van der Waals surface area contributed by atoms with Gasteiger partial charge in [-0.1, -0.05) is 12.1 Å². The zero-order chi connectivity index (χ0) is 12.9. The van der Waals surface area contributed by atoms with Gasteiger partial charge in [-0.15, -0.1) is 0 Å². The van der Waals surface area contributed by atoms with Crippen LogP contribution in [0.2, 0.25) is 0 Å². The molecule has 0 radical (unpaired) electrons. The molecule has 0 aromatic heterocycles. The van der Waals surface area contributed by atoms with E-state index in [0.717, 1.165) is 0 Å². The second-order valence-electron chi connectivity index (χ2n) is 4.81. The summed E-state index contributed by atoms with van der Waals surface area (Å²) in [5.41, 5.74) is 0.975. The number of nitriles is 1. The predicted molar refractivity (Wildman–Crippen MR) is 67.5 cm³/mol. The molecule has 0 spiro atoms. The average molecular weight is 231 g/mol. The summed E-state index contributed by atoms with van der Waals surface area (Å²) in [6, 6.07) is 9.18. The Kier molecular flexibility index (Phi) is 4.11. The third-order valence-corrected chi connectivity index (χ3v) is 2.00. The largest absolute Gasteiger partial charge is 0.375 e. The van der Waals surface area contributed by atoms with Crippen LogP contribution in [-0.4, -0.2) is 18.0 Å². The highest BCUT2D eigenvalue weighted by atomic mass is 16.2. The fraction of sp³-hybridized carbons (Fsp3) is 0.385. The second-order valence-corrected chi connectivity index (χ2v) is 4.81. The highest BCUT2D eigenvalue weighted by molar-refractivity contribution is 5.81. The molecule has 4 nitrogen and oxygen atoms in total. The number of nitrogens with one attached hydrogen (secondary N) is 2. The molecule has 0 aliphatic rings. The summed E-state index contributed by atoms with van der Waals surface area (Å²) in [7, 11) is 0. The van der Waals surface area contributed by atoms with Crippen LogP contribution in [-0.2, 0) is 4.79 Å². The minimum Gasteiger partial charge on any atom is -0.375 e. The lowest BCUT2D eigenvalue weighted by Crippen LogP contribution is -2.43. The van der Waals surface area contributed by atoms with Gasteiger partial charge in [-0.3, -0.25) is 4.79 Å². The van der Waals surface area contributed by atoms with Crippen molar-refractivity contribution in [1.29, 1.82) is 5.26 Å². The maximum atomic E-state index is 11.6. The Balaban J connectivity index is 2.57. The Labute approximate surface area is 102 Å². The molecule has 0 fully saturated rings. The quantitative estimate of drug-likeness (QED) is 0.834. The van der Waals surface area contributed by atoms with Crippen LogP contribution in [0.15, 0.2) is 24.3 Å². The van der Waals surface area contributed by atoms with Crippen molar-refractivity contribution in [2.24, 2.45) is 0 Å². The molecular weight excluding hydrogens is 214 g/mol. The molecule has 1 aromatic carbocycles. The Morgan fingerprint density at radius 3 is 2.59 bits per heavy atom. The second kappa shape index (κ2) is 5.35. The molecule has 1 amide bonds. The van der Waals surface area contributed by atoms with Gasteiger partial charge in [-0.2, -0.15) is 5.26 Å². The number of hydrogen-bond donors (Lipinski definition) is 2. The van der Waals surface area contributed by atoms with E-state index in [1.807, 2.05) is 26.8 Å². The lowest BCUT2D eigenvalue weighted by atomic mass is 10.1. The number of para-hydroxylation sites is 1. The number of carbonyl (C=O) groups excluding carboxylic acids is 1. The fourth-order valence-electron chi connectivity index (χ4n) is 1.37. The molecule has 0 saturated heterocycles. The van der Waals surface area contributed by atoms with Crippen LogP contribution in [0.4, 0.5) is 5.69 Å². The maximum absolute atomic E-state index is 11.6. The normalized spacial score (nSPS) is 10.5. The van der Waals surface area contributed by atoms with Crippen LogP contribution in [0.3, 0.4) is 0 Å². The molecule has 0 bridgehead atoms. The fourth-order valence-corrected chi connectivity index (χ4v) is 1.37. The maximum Gasteiger partial charge on any atom is 0.239 e. The van der Waals surface area contributed by atoms with E-state index in [1.54, 1.807) is 18.2 Å². The summed E-state index contributed by atoms with van der Waals surface area (Å²) in [5, 5.41) is 14.7. The number of carbonyl (C=O) groups is 1. The van der Waals surface area contributed by atoms with E-state index in [4.69, 9.17) is 5.26 Å². The molecule has 0 atom stereocenters. The third-order valence-electron chi connectivity index (χ3n) is 2.00. The first-order valence-electron chi connectivity index (χ1n) is 5.46. The minimum atomic E-state index is -0.243. The Hall–Kier alpha value is -2.02. The Bertz CT molecular complexity index is 441. The summed E-state index contributed by atoms with van der Waals surface area (Å²) in [4.78, 5) is 11.6. The van der Waals surface area contributed by atoms with Gasteiger partial charge in [0.2, 0.25) is 5.91 Å². The first-order chi connectivity index (χ1) is 7.92. The molecule has 1 aromatic rings. The van der Waals surface area contributed by atoms with Crippen LogP contribution in [0.25, 0.3) is 0 Å². The number of anilines is 1. The molecule has 0 heterocycles. The summed E-state index contributed by atoms with van der Waals surface area (Å²) in [6.45, 7) is 5.94. The first-order valence-corrected chi connectivity index (χ1v) is 5.46. The van der Waals surface area contributed by atoms with Crippen LogP contribution >= 0.6 is 0 Å². The SMILES string of the molecule is CC(C)(C)NC(=O)CNc1ccccc1C#N. The number of amides is 1. The Morgan fingerprint density at radius 1 is 1.35 bits per heavy atom. The van der Waals surface area contributed by atoms with Gasteiger partial charge in [-0.25, -0.2) is 0 Å². The molecule has 0 aliphatic heterocycles. The highest BCUT2D eigenvalue weighted by Crippen LogP contribution is 2.12. The van der Waals surface area contributed by atoms with E-state index < -0.39 is 0 Å². The molecule has 0 saturated carbocycles. The summed E-state index contributed by atoms with van der Waals surface area (Å²) < 4.78 is 0. The zero-order valence-corrected chi connectivity index (χ0v) is 10.4. The third kappa shape index (κ3) is 4.56. The van der Waals surface area contributed by atoms with Gasteiger partial charge in [0.25, 0.3) is 0 Å². The zero-order valence-electron chi connectivity index (χ0n) is 10.4. The molecule has 2 N–H and O–H groups in total. The molecule has 1 rings (SSSR count). The molecule has 17 heavy (non-hydrogen) atoms. The summed E-state index contributed by atoms with van der Waals surface area (Å²) in [5.74, 6) is -0.0924. The highest BCUT2D eigenvalue weighted by Gasteiger charge is 2.13. The van der Waals surface area contributed by atoms with Gasteiger partial charge >= 0.3 is 0 Å². The van der Waals surface area contributed by atoms with E-state index in [0.29, 0.717) is 11.3 Å². The van der Waals surface area contributed by atoms with Gasteiger partial charge in [0.05, 0.1) is 17.8 Å². The van der Waals surface area contributed by atoms with Gasteiger partial charge in [0.15, 0.2) is 0 Å². The van der Waals surface area contributed by atoms with Crippen molar-refractivity contribution >= 4 is 11.6 Å². The van der Waals surface area contributed by atoms with Gasteiger partial charge < -0.3 is 10.6 Å². The van der Waals surface area contributed by atoms with E-state index in [-0.39, 0.29) is 18.0 Å². The van der Waals surface area contributed by atoms with E-state index in [2.05, 4.69) is 16.7 Å². The lowest BCUT2D eigenvalue weighted by Gasteiger charge is -2.20. The number of rotatable bonds is 3. The molecule has 90 valence electrons. The van der Waals surface area contributed by atoms with Crippen molar-refractivity contribution in [2.75, 3.05) is 11.9 Å². The van der Waals surface area contributed by atoms with Gasteiger partial charge in [0, 0.05) is 5.54 Å². The first kappa shape index (κ1) is 13.0. The minimum absolute atomic E-state index is 0.0924. The monoisotopic (exact) mass is 231 g/mol. The van der Waals surface area contributed by atoms with Crippen molar-refractivity contribution in [1.82, 2.24) is 5.32 Å². The molecule has 4 heteroatoms. The van der Waals surface area contributed by atoms with Crippen LogP contribution < -0.4 is 10.6 Å². The summed E-state index contributed by atoms with van der Waals surface area (Å²) in [6.07, 6.45) is 0. The van der Waals surface area contributed by atoms with Crippen LogP contribution in [0, 0.1) is 11.3 Å². The summed E-state index contributed by atoms with van der Waals surface area (Å²) >= 11 is 0. The molecule has 0 aliphatic carbocycles. The van der Waals surface area contributed by atoms with Crippen molar-refractivity contribution in [2.45, 2.75) is 26.3 Å². The molecule has 0 unspecified atom stereocenters. The predicted octanol–water partition coefficient (Wildman–Crippen LogP) is 1.88. The van der Waals surface area contributed by atoms with E-state index in [1.165, 1.54) is 0 Å². The average Bonchev–Trinajstić information content (AvgIpc) is 2.24. The van der Waals surface area contributed by atoms with Crippen LogP contribution in [0.1, 0.15) is 26.3 Å². The van der Waals surface area contributed by atoms with Gasteiger partial charge in [0.1, 0.15) is 6.07 Å². The van der Waals surface area contributed by atoms with Crippen molar-refractivity contribution in [3.05, 3.63) is 29.8 Å². The van der Waals surface area contributed by atoms with E-state index >= 15 is 0 Å². The molecular formula is C13H17N3O. The van der Waals surface area contributed by atoms with Crippen LogP contribution in [0.5, 0.6) is 0 Å². The van der Waals surface area contributed by atoms with E-state index in [9.17, 15) is 4.79 Å². The van der Waals surface area contributed by atoms with Crippen molar-refractivity contribution < 1.29 is 4.79 Å². The Morgan fingerprint density at radius 2 is 2.00 bits per heavy atom. The number of nitrogens with zero attached hydrogens (tertiary/aromatic N) is 1. The van der Waals surface area contributed by atoms with Crippen molar-refractivity contribution in [3.8, 4) is 6.07 Å².